The first-order valence-corrected chi connectivity index (χ1v) is 7.93. The molecule has 2 amide bonds. The Morgan fingerprint density at radius 3 is 2.57 bits per heavy atom. The second kappa shape index (κ2) is 6.41. The molecule has 1 N–H and O–H groups in total. The lowest BCUT2D eigenvalue weighted by molar-refractivity contribution is -0.117. The first-order chi connectivity index (χ1) is 11.1. The van der Waals surface area contributed by atoms with Gasteiger partial charge in [0.1, 0.15) is 11.3 Å². The van der Waals surface area contributed by atoms with Crippen molar-refractivity contribution in [1.82, 2.24) is 5.43 Å². The highest BCUT2D eigenvalue weighted by atomic mass is 127. The first kappa shape index (κ1) is 15.5. The molecular formula is C17H13IN2O3. The molecule has 0 radical (unpaired) electrons. The zero-order valence-electron chi connectivity index (χ0n) is 12.2. The van der Waals surface area contributed by atoms with Gasteiger partial charge >= 0.3 is 0 Å². The molecule has 1 aliphatic heterocycles. The summed E-state index contributed by atoms with van der Waals surface area (Å²) in [5.74, 6) is -0.130. The van der Waals surface area contributed by atoms with E-state index in [1.165, 1.54) is 5.01 Å². The lowest BCUT2D eigenvalue weighted by Gasteiger charge is -2.14. The lowest BCUT2D eigenvalue weighted by Crippen LogP contribution is -2.35. The van der Waals surface area contributed by atoms with Gasteiger partial charge in [0.15, 0.2) is 0 Å². The summed E-state index contributed by atoms with van der Waals surface area (Å²) in [4.78, 5) is 24.6. The van der Waals surface area contributed by atoms with E-state index < -0.39 is 5.91 Å². The maximum absolute atomic E-state index is 12.5. The Morgan fingerprint density at radius 1 is 1.13 bits per heavy atom. The molecule has 1 heterocycles. The Hall–Kier alpha value is -2.35. The van der Waals surface area contributed by atoms with Crippen LogP contribution in [0, 0.1) is 3.57 Å². The van der Waals surface area contributed by atoms with Crippen LogP contribution in [0.1, 0.15) is 5.56 Å². The largest absolute Gasteiger partial charge is 0.497 e. The maximum atomic E-state index is 12.5. The van der Waals surface area contributed by atoms with Crippen molar-refractivity contribution in [2.45, 2.75) is 0 Å². The molecule has 6 heteroatoms. The van der Waals surface area contributed by atoms with E-state index in [9.17, 15) is 9.59 Å². The summed E-state index contributed by atoms with van der Waals surface area (Å²) in [6, 6.07) is 14.5. The summed E-state index contributed by atoms with van der Waals surface area (Å²) in [5.41, 5.74) is 4.03. The second-order valence-corrected chi connectivity index (χ2v) is 6.14. The molecule has 0 aromatic heterocycles. The van der Waals surface area contributed by atoms with E-state index in [4.69, 9.17) is 4.74 Å². The van der Waals surface area contributed by atoms with Gasteiger partial charge in [0.05, 0.1) is 12.8 Å². The number of anilines is 1. The number of carbonyl (C=O) groups excluding carboxylic acids is 2. The number of methoxy groups -OCH3 is 1. The van der Waals surface area contributed by atoms with Gasteiger partial charge in [-0.15, -0.1) is 0 Å². The third kappa shape index (κ3) is 3.21. The van der Waals surface area contributed by atoms with E-state index in [1.54, 1.807) is 43.5 Å². The minimum absolute atomic E-state index is 0.0943. The molecule has 116 valence electrons. The smallest absolute Gasteiger partial charge is 0.282 e. The SMILES string of the molecule is COc1cccc(C=C2C(=O)NN(c3ccc(I)cc3)C2=O)c1. The monoisotopic (exact) mass is 420 g/mol. The molecule has 0 unspecified atom stereocenters. The molecule has 1 aliphatic rings. The third-order valence-electron chi connectivity index (χ3n) is 3.38. The summed E-state index contributed by atoms with van der Waals surface area (Å²) in [6.07, 6.45) is 1.56. The van der Waals surface area contributed by atoms with Crippen molar-refractivity contribution in [2.75, 3.05) is 12.1 Å². The Bertz CT molecular complexity index is 800. The average Bonchev–Trinajstić information content (AvgIpc) is 2.84. The first-order valence-electron chi connectivity index (χ1n) is 6.85. The zero-order chi connectivity index (χ0) is 16.4. The van der Waals surface area contributed by atoms with E-state index >= 15 is 0 Å². The number of carbonyl (C=O) groups is 2. The molecule has 1 fully saturated rings. The fourth-order valence-electron chi connectivity index (χ4n) is 2.23. The van der Waals surface area contributed by atoms with Gasteiger partial charge < -0.3 is 4.74 Å². The van der Waals surface area contributed by atoms with E-state index in [1.807, 2.05) is 18.2 Å². The van der Waals surface area contributed by atoms with Gasteiger partial charge in [0, 0.05) is 3.57 Å². The number of rotatable bonds is 3. The van der Waals surface area contributed by atoms with Gasteiger partial charge in [0.2, 0.25) is 0 Å². The highest BCUT2D eigenvalue weighted by Crippen LogP contribution is 2.23. The predicted molar refractivity (Wildman–Crippen MR) is 95.8 cm³/mol. The molecule has 1 saturated heterocycles. The van der Waals surface area contributed by atoms with Crippen molar-refractivity contribution in [3.05, 3.63) is 63.2 Å². The van der Waals surface area contributed by atoms with Crippen molar-refractivity contribution in [3.63, 3.8) is 0 Å². The van der Waals surface area contributed by atoms with Gasteiger partial charge in [-0.1, -0.05) is 12.1 Å². The molecule has 0 saturated carbocycles. The fraction of sp³-hybridized carbons (Fsp3) is 0.0588. The van der Waals surface area contributed by atoms with Crippen LogP contribution in [-0.4, -0.2) is 18.9 Å². The highest BCUT2D eigenvalue weighted by molar-refractivity contribution is 14.1. The van der Waals surface area contributed by atoms with Gasteiger partial charge in [-0.25, -0.2) is 5.01 Å². The maximum Gasteiger partial charge on any atom is 0.282 e. The number of ether oxygens (including phenoxy) is 1. The highest BCUT2D eigenvalue weighted by Gasteiger charge is 2.34. The molecule has 2 aromatic rings. The second-order valence-electron chi connectivity index (χ2n) is 4.89. The van der Waals surface area contributed by atoms with E-state index in [0.29, 0.717) is 11.4 Å². The fourth-order valence-corrected chi connectivity index (χ4v) is 2.59. The number of hydrazine groups is 1. The van der Waals surface area contributed by atoms with E-state index in [-0.39, 0.29) is 11.5 Å². The van der Waals surface area contributed by atoms with Crippen molar-refractivity contribution in [2.24, 2.45) is 0 Å². The molecule has 0 aliphatic carbocycles. The minimum Gasteiger partial charge on any atom is -0.497 e. The quantitative estimate of drug-likeness (QED) is 0.472. The Morgan fingerprint density at radius 2 is 1.87 bits per heavy atom. The Kier molecular flexibility index (Phi) is 4.33. The summed E-state index contributed by atoms with van der Waals surface area (Å²) in [7, 11) is 1.57. The molecule has 23 heavy (non-hydrogen) atoms. The van der Waals surface area contributed by atoms with Crippen LogP contribution in [0.2, 0.25) is 0 Å². The van der Waals surface area contributed by atoms with Crippen LogP contribution in [0.4, 0.5) is 5.69 Å². The van der Waals surface area contributed by atoms with Crippen LogP contribution in [0.3, 0.4) is 0 Å². The molecule has 0 atom stereocenters. The number of halogens is 1. The third-order valence-corrected chi connectivity index (χ3v) is 4.10. The predicted octanol–water partition coefficient (Wildman–Crippen LogP) is 2.76. The van der Waals surface area contributed by atoms with Crippen LogP contribution in [0.5, 0.6) is 5.75 Å². The number of hydrogen-bond acceptors (Lipinski definition) is 3. The number of amides is 2. The van der Waals surface area contributed by atoms with Crippen molar-refractivity contribution in [3.8, 4) is 5.75 Å². The van der Waals surface area contributed by atoms with Crippen LogP contribution >= 0.6 is 22.6 Å². The molecule has 5 nitrogen and oxygen atoms in total. The number of nitrogens with one attached hydrogen (secondary N) is 1. The lowest BCUT2D eigenvalue weighted by atomic mass is 10.1. The standard InChI is InChI=1S/C17H13IN2O3/c1-23-14-4-2-3-11(9-14)10-15-16(21)19-20(17(15)22)13-7-5-12(18)6-8-13/h2-10H,1H3,(H,19,21). The average molecular weight is 420 g/mol. The van der Waals surface area contributed by atoms with Gasteiger partial charge in [0.25, 0.3) is 11.8 Å². The topological polar surface area (TPSA) is 58.6 Å². The summed E-state index contributed by atoms with van der Waals surface area (Å²) < 4.78 is 6.20. The molecule has 2 aromatic carbocycles. The van der Waals surface area contributed by atoms with Crippen molar-refractivity contribution < 1.29 is 14.3 Å². The van der Waals surface area contributed by atoms with Crippen LogP contribution in [0.25, 0.3) is 6.08 Å². The van der Waals surface area contributed by atoms with Crippen LogP contribution in [-0.2, 0) is 9.59 Å². The molecule has 3 rings (SSSR count). The van der Waals surface area contributed by atoms with Crippen molar-refractivity contribution in [1.29, 1.82) is 0 Å². The Labute approximate surface area is 147 Å². The summed E-state index contributed by atoms with van der Waals surface area (Å²) >= 11 is 2.18. The Balaban J connectivity index is 1.91. The number of nitrogens with zero attached hydrogens (tertiary/aromatic N) is 1. The van der Waals surface area contributed by atoms with E-state index in [0.717, 1.165) is 9.13 Å². The van der Waals surface area contributed by atoms with Crippen LogP contribution < -0.4 is 15.2 Å². The zero-order valence-corrected chi connectivity index (χ0v) is 14.4. The normalized spacial score (nSPS) is 15.9. The minimum atomic E-state index is -0.420. The molecule has 0 bridgehead atoms. The number of benzene rings is 2. The van der Waals surface area contributed by atoms with Crippen molar-refractivity contribution >= 4 is 46.2 Å². The van der Waals surface area contributed by atoms with Gasteiger partial charge in [-0.3, -0.25) is 15.0 Å². The van der Waals surface area contributed by atoms with Gasteiger partial charge in [-0.05, 0) is 70.6 Å². The molecular weight excluding hydrogens is 407 g/mol. The van der Waals surface area contributed by atoms with E-state index in [2.05, 4.69) is 28.0 Å². The van der Waals surface area contributed by atoms with Crippen LogP contribution in [0.15, 0.2) is 54.1 Å². The summed E-state index contributed by atoms with van der Waals surface area (Å²) in [5, 5.41) is 1.25. The summed E-state index contributed by atoms with van der Waals surface area (Å²) in [6.45, 7) is 0. The van der Waals surface area contributed by atoms with Gasteiger partial charge in [-0.2, -0.15) is 0 Å². The number of hydrogen-bond donors (Lipinski definition) is 1. The molecule has 0 spiro atoms.